The van der Waals surface area contributed by atoms with Crippen LogP contribution in [0.2, 0.25) is 0 Å². The number of carbonyl (C=O) groups excluding carboxylic acids is 1. The second kappa shape index (κ2) is 6.57. The van der Waals surface area contributed by atoms with E-state index in [1.165, 1.54) is 14.2 Å². The van der Waals surface area contributed by atoms with E-state index in [9.17, 15) is 4.79 Å². The Morgan fingerprint density at radius 3 is 2.35 bits per heavy atom. The molecule has 0 saturated heterocycles. The second-order valence-corrected chi connectivity index (χ2v) is 4.16. The lowest BCUT2D eigenvalue weighted by Crippen LogP contribution is -2.06. The monoisotopic (exact) mass is 268 g/mol. The molecule has 2 aromatic carbocycles. The minimum Gasteiger partial charge on any atom is -0.496 e. The molecule has 0 N–H and O–H groups in total. The number of esters is 1. The number of hydrogen-bond acceptors (Lipinski definition) is 3. The molecule has 0 aliphatic rings. The number of hydrogen-bond donors (Lipinski definition) is 0. The van der Waals surface area contributed by atoms with Crippen LogP contribution in [0, 0.1) is 0 Å². The number of methoxy groups -OCH3 is 2. The van der Waals surface area contributed by atoms with E-state index < -0.39 is 5.97 Å². The first-order chi connectivity index (χ1) is 9.76. The maximum atomic E-state index is 11.9. The van der Waals surface area contributed by atoms with E-state index in [1.807, 2.05) is 54.6 Å². The molecule has 0 aliphatic carbocycles. The average molecular weight is 268 g/mol. The van der Waals surface area contributed by atoms with Crippen molar-refractivity contribution in [1.29, 1.82) is 0 Å². The Balaban J connectivity index is 2.41. The minimum absolute atomic E-state index is 0.407. The van der Waals surface area contributed by atoms with Crippen LogP contribution in [0.3, 0.4) is 0 Å². The summed E-state index contributed by atoms with van der Waals surface area (Å²) in [5.41, 5.74) is 2.26. The van der Waals surface area contributed by atoms with Crippen molar-refractivity contribution < 1.29 is 14.3 Å². The molecule has 102 valence electrons. The van der Waals surface area contributed by atoms with Gasteiger partial charge >= 0.3 is 5.97 Å². The van der Waals surface area contributed by atoms with Gasteiger partial charge in [0.1, 0.15) is 11.3 Å². The highest BCUT2D eigenvalue weighted by Gasteiger charge is 2.15. The molecule has 2 rings (SSSR count). The van der Waals surface area contributed by atoms with Crippen molar-refractivity contribution in [1.82, 2.24) is 0 Å². The van der Waals surface area contributed by atoms with Gasteiger partial charge in [0, 0.05) is 0 Å². The number of ether oxygens (including phenoxy) is 2. The maximum Gasteiger partial charge on any atom is 0.342 e. The summed E-state index contributed by atoms with van der Waals surface area (Å²) in [6.07, 6.45) is 3.82. The minimum atomic E-state index is -0.407. The van der Waals surface area contributed by atoms with Gasteiger partial charge in [0.15, 0.2) is 0 Å². The lowest BCUT2D eigenvalue weighted by atomic mass is 10.0. The van der Waals surface area contributed by atoms with Gasteiger partial charge in [-0.05, 0) is 17.2 Å². The van der Waals surface area contributed by atoms with Crippen LogP contribution in [0.25, 0.3) is 12.2 Å². The first-order valence-corrected chi connectivity index (χ1v) is 6.24. The van der Waals surface area contributed by atoms with Gasteiger partial charge < -0.3 is 9.47 Å². The zero-order valence-corrected chi connectivity index (χ0v) is 11.5. The Hall–Kier alpha value is -2.55. The predicted molar refractivity (Wildman–Crippen MR) is 79.7 cm³/mol. The first-order valence-electron chi connectivity index (χ1n) is 6.24. The molecule has 0 aromatic heterocycles. The van der Waals surface area contributed by atoms with Gasteiger partial charge in [-0.3, -0.25) is 0 Å². The number of benzene rings is 2. The zero-order chi connectivity index (χ0) is 14.4. The summed E-state index contributed by atoms with van der Waals surface area (Å²) in [5, 5.41) is 0. The van der Waals surface area contributed by atoms with Crippen LogP contribution in [0.4, 0.5) is 0 Å². The fraction of sp³-hybridized carbons (Fsp3) is 0.118. The SMILES string of the molecule is COC(=O)c1c(C=Cc2ccccc2)cccc1OC. The summed E-state index contributed by atoms with van der Waals surface area (Å²) in [4.78, 5) is 11.9. The van der Waals surface area contributed by atoms with Crippen molar-refractivity contribution in [3.8, 4) is 5.75 Å². The van der Waals surface area contributed by atoms with E-state index in [0.717, 1.165) is 11.1 Å². The number of rotatable bonds is 4. The molecular weight excluding hydrogens is 252 g/mol. The smallest absolute Gasteiger partial charge is 0.342 e. The van der Waals surface area contributed by atoms with Crippen LogP contribution in [0.5, 0.6) is 5.75 Å². The molecule has 0 atom stereocenters. The summed E-state index contributed by atoms with van der Waals surface area (Å²) in [6, 6.07) is 15.3. The van der Waals surface area contributed by atoms with Gasteiger partial charge in [0.2, 0.25) is 0 Å². The quantitative estimate of drug-likeness (QED) is 0.627. The fourth-order valence-electron chi connectivity index (χ4n) is 1.93. The molecule has 0 amide bonds. The molecule has 0 saturated carbocycles. The Kier molecular flexibility index (Phi) is 4.56. The third-order valence-electron chi connectivity index (χ3n) is 2.92. The van der Waals surface area contributed by atoms with Crippen molar-refractivity contribution in [2.45, 2.75) is 0 Å². The van der Waals surface area contributed by atoms with E-state index >= 15 is 0 Å². The van der Waals surface area contributed by atoms with Gasteiger partial charge in [-0.1, -0.05) is 54.6 Å². The van der Waals surface area contributed by atoms with Crippen LogP contribution in [0.15, 0.2) is 48.5 Å². The van der Waals surface area contributed by atoms with Gasteiger partial charge in [-0.15, -0.1) is 0 Å². The molecule has 0 aliphatic heterocycles. The van der Waals surface area contributed by atoms with Gasteiger partial charge in [0.25, 0.3) is 0 Å². The molecule has 0 unspecified atom stereocenters. The van der Waals surface area contributed by atoms with Crippen molar-refractivity contribution in [2.75, 3.05) is 14.2 Å². The lowest BCUT2D eigenvalue weighted by molar-refractivity contribution is 0.0597. The van der Waals surface area contributed by atoms with Crippen molar-refractivity contribution in [3.05, 3.63) is 65.2 Å². The molecule has 0 heterocycles. The van der Waals surface area contributed by atoms with Crippen LogP contribution >= 0.6 is 0 Å². The average Bonchev–Trinajstić information content (AvgIpc) is 2.52. The van der Waals surface area contributed by atoms with Crippen molar-refractivity contribution in [3.63, 3.8) is 0 Å². The molecule has 3 nitrogen and oxygen atoms in total. The summed E-state index contributed by atoms with van der Waals surface area (Å²) < 4.78 is 10.0. The molecular formula is C17H16O3. The standard InChI is InChI=1S/C17H16O3/c1-19-15-10-6-9-14(16(15)17(18)20-2)12-11-13-7-4-3-5-8-13/h3-12H,1-2H3. The summed E-state index contributed by atoms with van der Waals surface area (Å²) >= 11 is 0. The van der Waals surface area contributed by atoms with Gasteiger partial charge in [-0.2, -0.15) is 0 Å². The Morgan fingerprint density at radius 2 is 1.70 bits per heavy atom. The molecule has 2 aromatic rings. The van der Waals surface area contributed by atoms with Crippen molar-refractivity contribution in [2.24, 2.45) is 0 Å². The van der Waals surface area contributed by atoms with E-state index in [-0.39, 0.29) is 0 Å². The van der Waals surface area contributed by atoms with Crippen molar-refractivity contribution >= 4 is 18.1 Å². The van der Waals surface area contributed by atoms with E-state index in [2.05, 4.69) is 0 Å². The zero-order valence-electron chi connectivity index (χ0n) is 11.5. The molecule has 0 radical (unpaired) electrons. The highest BCUT2D eigenvalue weighted by molar-refractivity contribution is 5.97. The third-order valence-corrected chi connectivity index (χ3v) is 2.92. The molecule has 0 fully saturated rings. The lowest BCUT2D eigenvalue weighted by Gasteiger charge is -2.09. The van der Waals surface area contributed by atoms with Crippen LogP contribution in [0.1, 0.15) is 21.5 Å². The van der Waals surface area contributed by atoms with Crippen LogP contribution < -0.4 is 4.74 Å². The molecule has 0 bridgehead atoms. The van der Waals surface area contributed by atoms with E-state index in [4.69, 9.17) is 9.47 Å². The van der Waals surface area contributed by atoms with Crippen LogP contribution in [-0.2, 0) is 4.74 Å². The predicted octanol–water partition coefficient (Wildman–Crippen LogP) is 3.65. The Bertz CT molecular complexity index is 615. The topological polar surface area (TPSA) is 35.5 Å². The normalized spacial score (nSPS) is 10.5. The number of carbonyl (C=O) groups is 1. The van der Waals surface area contributed by atoms with Gasteiger partial charge in [0.05, 0.1) is 14.2 Å². The maximum absolute atomic E-state index is 11.9. The highest BCUT2D eigenvalue weighted by Crippen LogP contribution is 2.24. The molecule has 3 heteroatoms. The third kappa shape index (κ3) is 3.06. The molecule has 20 heavy (non-hydrogen) atoms. The summed E-state index contributed by atoms with van der Waals surface area (Å²) in [5.74, 6) is 0.0993. The second-order valence-electron chi connectivity index (χ2n) is 4.16. The van der Waals surface area contributed by atoms with Gasteiger partial charge in [-0.25, -0.2) is 4.79 Å². The first kappa shape index (κ1) is 13.9. The van der Waals surface area contributed by atoms with E-state index in [1.54, 1.807) is 6.07 Å². The molecule has 0 spiro atoms. The summed E-state index contributed by atoms with van der Waals surface area (Å²) in [6.45, 7) is 0. The van der Waals surface area contributed by atoms with E-state index in [0.29, 0.717) is 11.3 Å². The Labute approximate surface area is 118 Å². The summed E-state index contributed by atoms with van der Waals surface area (Å²) in [7, 11) is 2.89. The fourth-order valence-corrected chi connectivity index (χ4v) is 1.93. The highest BCUT2D eigenvalue weighted by atomic mass is 16.5. The van der Waals surface area contributed by atoms with Crippen LogP contribution in [-0.4, -0.2) is 20.2 Å². The Morgan fingerprint density at radius 1 is 0.950 bits per heavy atom. The largest absolute Gasteiger partial charge is 0.496 e.